The maximum atomic E-state index is 13.7. The SMILES string of the molecule is CCC(=O)c1ccccc1Oc1cc(C)ccc1F. The molecule has 98 valence electrons. The van der Waals surface area contributed by atoms with Gasteiger partial charge >= 0.3 is 0 Å². The smallest absolute Gasteiger partial charge is 0.166 e. The fraction of sp³-hybridized carbons (Fsp3) is 0.188. The molecule has 0 aromatic heterocycles. The van der Waals surface area contributed by atoms with Crippen molar-refractivity contribution in [3.63, 3.8) is 0 Å². The highest BCUT2D eigenvalue weighted by molar-refractivity contribution is 5.98. The molecular formula is C16H15FO2. The maximum Gasteiger partial charge on any atom is 0.166 e. The van der Waals surface area contributed by atoms with E-state index in [1.807, 2.05) is 6.92 Å². The summed E-state index contributed by atoms with van der Waals surface area (Å²) in [4.78, 5) is 11.8. The first-order valence-corrected chi connectivity index (χ1v) is 6.18. The highest BCUT2D eigenvalue weighted by Crippen LogP contribution is 2.28. The minimum Gasteiger partial charge on any atom is -0.454 e. The van der Waals surface area contributed by atoms with Crippen molar-refractivity contribution < 1.29 is 13.9 Å². The van der Waals surface area contributed by atoms with Crippen LogP contribution in [0, 0.1) is 12.7 Å². The number of Topliss-reactive ketones (excluding diaryl/α,β-unsaturated/α-hetero) is 1. The minimum atomic E-state index is -0.440. The molecule has 0 saturated heterocycles. The van der Waals surface area contributed by atoms with E-state index >= 15 is 0 Å². The molecule has 2 aromatic carbocycles. The lowest BCUT2D eigenvalue weighted by Crippen LogP contribution is -2.00. The van der Waals surface area contributed by atoms with Crippen LogP contribution in [-0.2, 0) is 0 Å². The van der Waals surface area contributed by atoms with E-state index in [9.17, 15) is 9.18 Å². The van der Waals surface area contributed by atoms with Gasteiger partial charge in [-0.25, -0.2) is 4.39 Å². The van der Waals surface area contributed by atoms with Crippen LogP contribution in [0.2, 0.25) is 0 Å². The summed E-state index contributed by atoms with van der Waals surface area (Å²) in [5.74, 6) is 0.0585. The van der Waals surface area contributed by atoms with Gasteiger partial charge in [0, 0.05) is 6.42 Å². The summed E-state index contributed by atoms with van der Waals surface area (Å²) < 4.78 is 19.2. The average molecular weight is 258 g/mol. The molecule has 0 aliphatic carbocycles. The number of ketones is 1. The third kappa shape index (κ3) is 2.99. The van der Waals surface area contributed by atoms with Crippen LogP contribution in [0.25, 0.3) is 0 Å². The Labute approximate surface area is 111 Å². The van der Waals surface area contributed by atoms with Crippen molar-refractivity contribution in [1.82, 2.24) is 0 Å². The number of carbonyl (C=O) groups is 1. The molecular weight excluding hydrogens is 243 g/mol. The Bertz CT molecular complexity index is 605. The zero-order valence-electron chi connectivity index (χ0n) is 10.9. The molecule has 19 heavy (non-hydrogen) atoms. The molecule has 0 aliphatic heterocycles. The van der Waals surface area contributed by atoms with Crippen molar-refractivity contribution in [3.05, 3.63) is 59.4 Å². The molecule has 2 aromatic rings. The summed E-state index contributed by atoms with van der Waals surface area (Å²) in [5, 5.41) is 0. The normalized spacial score (nSPS) is 10.3. The summed E-state index contributed by atoms with van der Waals surface area (Å²) in [5.41, 5.74) is 1.38. The molecule has 0 heterocycles. The van der Waals surface area contributed by atoms with Crippen LogP contribution in [0.5, 0.6) is 11.5 Å². The maximum absolute atomic E-state index is 13.7. The summed E-state index contributed by atoms with van der Waals surface area (Å²) in [6.07, 6.45) is 0.386. The Balaban J connectivity index is 2.38. The molecule has 0 aliphatic rings. The van der Waals surface area contributed by atoms with Crippen LogP contribution in [-0.4, -0.2) is 5.78 Å². The van der Waals surface area contributed by atoms with E-state index in [0.717, 1.165) is 5.56 Å². The van der Waals surface area contributed by atoms with Gasteiger partial charge in [-0.3, -0.25) is 4.79 Å². The number of ether oxygens (including phenoxy) is 1. The number of para-hydroxylation sites is 1. The van der Waals surface area contributed by atoms with E-state index in [2.05, 4.69) is 0 Å². The molecule has 0 saturated carbocycles. The topological polar surface area (TPSA) is 26.3 Å². The van der Waals surface area contributed by atoms with Gasteiger partial charge in [0.1, 0.15) is 5.75 Å². The number of hydrogen-bond donors (Lipinski definition) is 0. The van der Waals surface area contributed by atoms with Gasteiger partial charge in [0.05, 0.1) is 5.56 Å². The molecule has 0 amide bonds. The Morgan fingerprint density at radius 3 is 2.63 bits per heavy atom. The lowest BCUT2D eigenvalue weighted by Gasteiger charge is -2.11. The molecule has 2 rings (SSSR count). The first-order chi connectivity index (χ1) is 9.11. The Hall–Kier alpha value is -2.16. The number of benzene rings is 2. The van der Waals surface area contributed by atoms with Crippen LogP contribution in [0.3, 0.4) is 0 Å². The standard InChI is InChI=1S/C16H15FO2/c1-3-14(18)12-6-4-5-7-15(12)19-16-10-11(2)8-9-13(16)17/h4-10H,3H2,1-2H3. The van der Waals surface area contributed by atoms with E-state index in [1.165, 1.54) is 6.07 Å². The van der Waals surface area contributed by atoms with Crippen LogP contribution in [0.1, 0.15) is 29.3 Å². The monoisotopic (exact) mass is 258 g/mol. The molecule has 0 atom stereocenters. The summed E-state index contributed by atoms with van der Waals surface area (Å²) in [6.45, 7) is 3.64. The number of carbonyl (C=O) groups excluding carboxylic acids is 1. The number of rotatable bonds is 4. The van der Waals surface area contributed by atoms with Crippen molar-refractivity contribution in [2.75, 3.05) is 0 Å². The second-order valence-corrected chi connectivity index (χ2v) is 4.31. The fourth-order valence-corrected chi connectivity index (χ4v) is 1.78. The predicted molar refractivity (Wildman–Crippen MR) is 72.3 cm³/mol. The van der Waals surface area contributed by atoms with E-state index in [4.69, 9.17) is 4.74 Å². The van der Waals surface area contributed by atoms with Crippen LogP contribution in [0.15, 0.2) is 42.5 Å². The van der Waals surface area contributed by atoms with Gasteiger partial charge in [-0.15, -0.1) is 0 Å². The highest BCUT2D eigenvalue weighted by atomic mass is 19.1. The van der Waals surface area contributed by atoms with Gasteiger partial charge in [-0.1, -0.05) is 25.1 Å². The zero-order valence-corrected chi connectivity index (χ0v) is 10.9. The number of hydrogen-bond acceptors (Lipinski definition) is 2. The zero-order chi connectivity index (χ0) is 13.8. The van der Waals surface area contributed by atoms with Crippen molar-refractivity contribution >= 4 is 5.78 Å². The molecule has 0 fully saturated rings. The van der Waals surface area contributed by atoms with E-state index in [-0.39, 0.29) is 11.5 Å². The molecule has 0 spiro atoms. The van der Waals surface area contributed by atoms with Gasteiger partial charge < -0.3 is 4.74 Å². The largest absolute Gasteiger partial charge is 0.454 e. The summed E-state index contributed by atoms with van der Waals surface area (Å²) >= 11 is 0. The van der Waals surface area contributed by atoms with Crippen molar-refractivity contribution in [2.45, 2.75) is 20.3 Å². The summed E-state index contributed by atoms with van der Waals surface area (Å²) in [7, 11) is 0. The van der Waals surface area contributed by atoms with Gasteiger partial charge in [-0.2, -0.15) is 0 Å². The number of halogens is 1. The molecule has 0 radical (unpaired) electrons. The van der Waals surface area contributed by atoms with Crippen molar-refractivity contribution in [1.29, 1.82) is 0 Å². The Kier molecular flexibility index (Phi) is 3.95. The molecule has 2 nitrogen and oxygen atoms in total. The van der Waals surface area contributed by atoms with Crippen LogP contribution < -0.4 is 4.74 Å². The Morgan fingerprint density at radius 1 is 1.16 bits per heavy atom. The first kappa shape index (κ1) is 13.3. The van der Waals surface area contributed by atoms with E-state index in [1.54, 1.807) is 43.3 Å². The lowest BCUT2D eigenvalue weighted by molar-refractivity contribution is 0.0986. The van der Waals surface area contributed by atoms with Crippen LogP contribution >= 0.6 is 0 Å². The molecule has 0 bridgehead atoms. The fourth-order valence-electron chi connectivity index (χ4n) is 1.78. The minimum absolute atomic E-state index is 0.0244. The summed E-state index contributed by atoms with van der Waals surface area (Å²) in [6, 6.07) is 11.5. The highest BCUT2D eigenvalue weighted by Gasteiger charge is 2.12. The van der Waals surface area contributed by atoms with Crippen molar-refractivity contribution in [2.24, 2.45) is 0 Å². The average Bonchev–Trinajstić information content (AvgIpc) is 2.42. The third-order valence-electron chi connectivity index (χ3n) is 2.82. The molecule has 0 unspecified atom stereocenters. The lowest BCUT2D eigenvalue weighted by atomic mass is 10.1. The number of aryl methyl sites for hydroxylation is 1. The van der Waals surface area contributed by atoms with Gasteiger partial charge in [0.2, 0.25) is 0 Å². The first-order valence-electron chi connectivity index (χ1n) is 6.18. The Morgan fingerprint density at radius 2 is 1.89 bits per heavy atom. The van der Waals surface area contributed by atoms with Gasteiger partial charge in [-0.05, 0) is 36.8 Å². The second-order valence-electron chi connectivity index (χ2n) is 4.31. The third-order valence-corrected chi connectivity index (χ3v) is 2.82. The van der Waals surface area contributed by atoms with E-state index in [0.29, 0.717) is 17.7 Å². The second kappa shape index (κ2) is 5.65. The quantitative estimate of drug-likeness (QED) is 0.754. The van der Waals surface area contributed by atoms with Gasteiger partial charge in [0.15, 0.2) is 17.3 Å². The van der Waals surface area contributed by atoms with E-state index < -0.39 is 5.82 Å². The molecule has 3 heteroatoms. The van der Waals surface area contributed by atoms with Crippen molar-refractivity contribution in [3.8, 4) is 11.5 Å². The molecule has 0 N–H and O–H groups in total. The predicted octanol–water partition coefficient (Wildman–Crippen LogP) is 4.52. The van der Waals surface area contributed by atoms with Gasteiger partial charge in [0.25, 0.3) is 0 Å². The van der Waals surface area contributed by atoms with Crippen LogP contribution in [0.4, 0.5) is 4.39 Å².